The Kier molecular flexibility index (Phi) is 4.20. The number of hydrogen-bond donors (Lipinski definition) is 4. The third kappa shape index (κ3) is 2.94. The van der Waals surface area contributed by atoms with Crippen LogP contribution in [-0.4, -0.2) is 51.1 Å². The van der Waals surface area contributed by atoms with Crippen molar-refractivity contribution in [2.45, 2.75) is 25.2 Å². The first-order valence-corrected chi connectivity index (χ1v) is 3.19. The van der Waals surface area contributed by atoms with Crippen molar-refractivity contribution >= 4 is 5.78 Å². The largest absolute Gasteiger partial charge is 0.393 e. The fourth-order valence-electron chi connectivity index (χ4n) is 0.525. The van der Waals surface area contributed by atoms with Crippen LogP contribution >= 0.6 is 0 Å². The number of aliphatic hydroxyl groups is 4. The summed E-state index contributed by atoms with van der Waals surface area (Å²) in [5, 5.41) is 34.4. The van der Waals surface area contributed by atoms with Crippen molar-refractivity contribution in [3.05, 3.63) is 0 Å². The topological polar surface area (TPSA) is 98.0 Å². The molecule has 1 unspecified atom stereocenters. The first-order valence-electron chi connectivity index (χ1n) is 3.19. The zero-order valence-electron chi connectivity index (χ0n) is 6.14. The molecule has 0 aliphatic carbocycles. The molecule has 11 heavy (non-hydrogen) atoms. The molecule has 5 nitrogen and oxygen atoms in total. The van der Waals surface area contributed by atoms with Gasteiger partial charge in [-0.3, -0.25) is 4.79 Å². The van der Waals surface area contributed by atoms with E-state index in [1.807, 2.05) is 0 Å². The minimum atomic E-state index is -1.63. The first-order chi connectivity index (χ1) is 5.00. The molecule has 0 spiro atoms. The van der Waals surface area contributed by atoms with E-state index in [0.717, 1.165) is 0 Å². The molecule has 0 aliphatic heterocycles. The summed E-state index contributed by atoms with van der Waals surface area (Å²) in [4.78, 5) is 10.7. The van der Waals surface area contributed by atoms with Crippen LogP contribution in [0, 0.1) is 0 Å². The van der Waals surface area contributed by atoms with Crippen LogP contribution < -0.4 is 0 Å². The third-order valence-corrected chi connectivity index (χ3v) is 1.25. The molecule has 66 valence electrons. The number of hydrogen-bond acceptors (Lipinski definition) is 5. The fourth-order valence-corrected chi connectivity index (χ4v) is 0.525. The highest BCUT2D eigenvalue weighted by Crippen LogP contribution is 1.97. The van der Waals surface area contributed by atoms with Gasteiger partial charge in [-0.2, -0.15) is 0 Å². The van der Waals surface area contributed by atoms with Crippen LogP contribution in [-0.2, 0) is 4.79 Å². The van der Waals surface area contributed by atoms with Gasteiger partial charge in [0.15, 0.2) is 5.78 Å². The predicted molar refractivity (Wildman–Crippen MR) is 35.8 cm³/mol. The van der Waals surface area contributed by atoms with Crippen LogP contribution in [0.15, 0.2) is 0 Å². The minimum absolute atomic E-state index is 0.747. The van der Waals surface area contributed by atoms with Crippen molar-refractivity contribution in [2.24, 2.45) is 0 Å². The fraction of sp³-hybridized carbons (Fsp3) is 0.833. The van der Waals surface area contributed by atoms with Crippen LogP contribution in [0.4, 0.5) is 0 Å². The van der Waals surface area contributed by atoms with Gasteiger partial charge in [-0.1, -0.05) is 0 Å². The van der Waals surface area contributed by atoms with Crippen LogP contribution in [0.3, 0.4) is 0 Å². The normalized spacial score (nSPS) is 19.0. The minimum Gasteiger partial charge on any atom is -0.393 e. The van der Waals surface area contributed by atoms with Crippen LogP contribution in [0.5, 0.6) is 0 Å². The predicted octanol–water partition coefficient (Wildman–Crippen LogP) is -2.35. The average molecular weight is 164 g/mol. The number of carbonyl (C=O) groups is 1. The molecule has 5 heteroatoms. The molecule has 0 aromatic heterocycles. The van der Waals surface area contributed by atoms with Crippen molar-refractivity contribution in [3.8, 4) is 0 Å². The second kappa shape index (κ2) is 4.40. The molecule has 0 rings (SSSR count). The summed E-state index contributed by atoms with van der Waals surface area (Å²) in [7, 11) is 0. The molecule has 0 radical (unpaired) electrons. The first kappa shape index (κ1) is 10.5. The van der Waals surface area contributed by atoms with E-state index in [-0.39, 0.29) is 0 Å². The number of carbonyl (C=O) groups excluding carboxylic acids is 1. The lowest BCUT2D eigenvalue weighted by Gasteiger charge is -2.14. The van der Waals surface area contributed by atoms with E-state index in [9.17, 15) is 4.79 Å². The van der Waals surface area contributed by atoms with Gasteiger partial charge in [0, 0.05) is 0 Å². The lowest BCUT2D eigenvalue weighted by molar-refractivity contribution is -0.142. The van der Waals surface area contributed by atoms with Crippen molar-refractivity contribution in [3.63, 3.8) is 0 Å². The summed E-state index contributed by atoms with van der Waals surface area (Å²) >= 11 is 0. The molecule has 0 amide bonds. The molecule has 3 atom stereocenters. The molecule has 0 aromatic carbocycles. The van der Waals surface area contributed by atoms with E-state index in [0.29, 0.717) is 0 Å². The van der Waals surface area contributed by atoms with Crippen molar-refractivity contribution < 1.29 is 25.2 Å². The number of ketones is 1. The summed E-state index contributed by atoms with van der Waals surface area (Å²) in [6.45, 7) is 0.468. The highest BCUT2D eigenvalue weighted by Gasteiger charge is 2.26. The van der Waals surface area contributed by atoms with E-state index in [1.165, 1.54) is 6.92 Å². The molecule has 0 aliphatic rings. The van der Waals surface area contributed by atoms with Gasteiger partial charge in [0.05, 0.1) is 12.7 Å². The number of rotatable bonds is 4. The summed E-state index contributed by atoms with van der Waals surface area (Å²) in [6.07, 6.45) is -4.47. The highest BCUT2D eigenvalue weighted by molar-refractivity contribution is 5.87. The van der Waals surface area contributed by atoms with E-state index >= 15 is 0 Å². The molecule has 4 N–H and O–H groups in total. The summed E-state index contributed by atoms with van der Waals surface area (Å²) in [6, 6.07) is 0. The smallest absolute Gasteiger partial charge is 0.194 e. The maximum atomic E-state index is 10.7. The maximum absolute atomic E-state index is 10.7. The maximum Gasteiger partial charge on any atom is 0.194 e. The quantitative estimate of drug-likeness (QED) is 0.373. The van der Waals surface area contributed by atoms with Gasteiger partial charge in [0.1, 0.15) is 12.2 Å². The summed E-state index contributed by atoms with van der Waals surface area (Å²) in [5.74, 6) is -0.970. The molecule has 0 aromatic rings. The van der Waals surface area contributed by atoms with Crippen LogP contribution in [0.2, 0.25) is 0 Å². The van der Waals surface area contributed by atoms with Gasteiger partial charge in [0.2, 0.25) is 0 Å². The standard InChI is InChI=1S/C6H12O5/c1-3(8)5(10)6(11)4(9)2-7/h3-5,7-10H,2H2,1H3/t3-,4?,5-/m1/s1. The molecule has 0 fully saturated rings. The Morgan fingerprint density at radius 1 is 1.36 bits per heavy atom. The molecular weight excluding hydrogens is 152 g/mol. The van der Waals surface area contributed by atoms with Gasteiger partial charge in [-0.25, -0.2) is 0 Å². The average Bonchev–Trinajstić information content (AvgIpc) is 2.00. The second-order valence-corrected chi connectivity index (χ2v) is 2.29. The molecule has 0 saturated carbocycles. The number of Topliss-reactive ketones (excluding diaryl/α,β-unsaturated/α-hetero) is 1. The van der Waals surface area contributed by atoms with E-state index < -0.39 is 30.7 Å². The van der Waals surface area contributed by atoms with Crippen molar-refractivity contribution in [1.29, 1.82) is 0 Å². The van der Waals surface area contributed by atoms with Gasteiger partial charge in [0.25, 0.3) is 0 Å². The van der Waals surface area contributed by atoms with Crippen molar-refractivity contribution in [2.75, 3.05) is 6.61 Å². The lowest BCUT2D eigenvalue weighted by Crippen LogP contribution is -2.40. The Morgan fingerprint density at radius 3 is 2.09 bits per heavy atom. The Balaban J connectivity index is 4.02. The SMILES string of the molecule is C[C@@H](O)[C@@H](O)C(=O)C(O)CO. The number of aliphatic hydroxyl groups excluding tert-OH is 4. The zero-order valence-corrected chi connectivity index (χ0v) is 6.14. The zero-order chi connectivity index (χ0) is 9.02. The Bertz CT molecular complexity index is 133. The highest BCUT2D eigenvalue weighted by atomic mass is 16.4. The molecule has 0 saturated heterocycles. The van der Waals surface area contributed by atoms with Gasteiger partial charge in [-0.05, 0) is 6.92 Å². The van der Waals surface area contributed by atoms with E-state index in [2.05, 4.69) is 0 Å². The van der Waals surface area contributed by atoms with E-state index in [1.54, 1.807) is 0 Å². The molecular formula is C6H12O5. The third-order valence-electron chi connectivity index (χ3n) is 1.25. The van der Waals surface area contributed by atoms with Gasteiger partial charge in [-0.15, -0.1) is 0 Å². The van der Waals surface area contributed by atoms with Crippen molar-refractivity contribution in [1.82, 2.24) is 0 Å². The van der Waals surface area contributed by atoms with Gasteiger partial charge >= 0.3 is 0 Å². The summed E-state index contributed by atoms with van der Waals surface area (Å²) in [5.41, 5.74) is 0. The molecule has 0 heterocycles. The lowest BCUT2D eigenvalue weighted by atomic mass is 10.1. The Hall–Kier alpha value is -0.490. The Morgan fingerprint density at radius 2 is 1.82 bits per heavy atom. The van der Waals surface area contributed by atoms with E-state index in [4.69, 9.17) is 20.4 Å². The van der Waals surface area contributed by atoms with Crippen LogP contribution in [0.1, 0.15) is 6.92 Å². The molecule has 0 bridgehead atoms. The van der Waals surface area contributed by atoms with Gasteiger partial charge < -0.3 is 20.4 Å². The van der Waals surface area contributed by atoms with Crippen LogP contribution in [0.25, 0.3) is 0 Å². The Labute approximate surface area is 63.9 Å². The monoisotopic (exact) mass is 164 g/mol. The summed E-state index contributed by atoms with van der Waals surface area (Å²) < 4.78 is 0. The second-order valence-electron chi connectivity index (χ2n) is 2.29.